The summed E-state index contributed by atoms with van der Waals surface area (Å²) in [6, 6.07) is 12.7. The molecule has 0 spiro atoms. The van der Waals surface area contributed by atoms with Gasteiger partial charge in [0.05, 0.1) is 18.4 Å². The summed E-state index contributed by atoms with van der Waals surface area (Å²) >= 11 is 0. The van der Waals surface area contributed by atoms with Gasteiger partial charge in [-0.05, 0) is 35.4 Å². The van der Waals surface area contributed by atoms with E-state index in [1.807, 2.05) is 0 Å². The van der Waals surface area contributed by atoms with Crippen LogP contribution in [0.25, 0.3) is 11.1 Å². The number of halogens is 1. The fourth-order valence-electron chi connectivity index (χ4n) is 2.00. The number of benzene rings is 2. The molecule has 0 heterocycles. The number of esters is 1. The SMILES string of the molecule is COC(=O)c1ccc(-c2cccc(N/N=C(\C#N)C(=N)N)c2)cc1F. The van der Waals surface area contributed by atoms with Crippen LogP contribution in [0.4, 0.5) is 10.1 Å². The van der Waals surface area contributed by atoms with Gasteiger partial charge in [0.15, 0.2) is 5.84 Å². The van der Waals surface area contributed by atoms with E-state index in [9.17, 15) is 9.18 Å². The van der Waals surface area contributed by atoms with Crippen molar-refractivity contribution in [3.63, 3.8) is 0 Å². The number of rotatable bonds is 5. The van der Waals surface area contributed by atoms with Gasteiger partial charge in [-0.3, -0.25) is 10.8 Å². The molecular formula is C17H14FN5O2. The summed E-state index contributed by atoms with van der Waals surface area (Å²) in [4.78, 5) is 11.4. The molecule has 4 N–H and O–H groups in total. The number of amidine groups is 1. The largest absolute Gasteiger partial charge is 0.465 e. The second kappa shape index (κ2) is 7.70. The van der Waals surface area contributed by atoms with Crippen molar-refractivity contribution in [2.75, 3.05) is 12.5 Å². The number of hydrazone groups is 1. The van der Waals surface area contributed by atoms with Crippen molar-refractivity contribution in [2.24, 2.45) is 10.8 Å². The second-order valence-corrected chi connectivity index (χ2v) is 4.86. The minimum absolute atomic E-state index is 0.148. The second-order valence-electron chi connectivity index (χ2n) is 4.86. The van der Waals surface area contributed by atoms with Gasteiger partial charge < -0.3 is 10.5 Å². The van der Waals surface area contributed by atoms with E-state index >= 15 is 0 Å². The highest BCUT2D eigenvalue weighted by Gasteiger charge is 2.13. The summed E-state index contributed by atoms with van der Waals surface area (Å²) in [5, 5.41) is 19.7. The highest BCUT2D eigenvalue weighted by molar-refractivity contribution is 6.45. The number of hydrogen-bond donors (Lipinski definition) is 3. The lowest BCUT2D eigenvalue weighted by molar-refractivity contribution is 0.0595. The normalized spacial score (nSPS) is 10.7. The summed E-state index contributed by atoms with van der Waals surface area (Å²) in [7, 11) is 1.18. The van der Waals surface area contributed by atoms with Gasteiger partial charge in [-0.2, -0.15) is 10.4 Å². The Bertz CT molecular complexity index is 902. The summed E-state index contributed by atoms with van der Waals surface area (Å²) in [5.41, 5.74) is 9.16. The van der Waals surface area contributed by atoms with E-state index in [1.165, 1.54) is 19.2 Å². The van der Waals surface area contributed by atoms with E-state index in [4.69, 9.17) is 16.4 Å². The maximum atomic E-state index is 14.1. The number of nitrogens with two attached hydrogens (primary N) is 1. The third kappa shape index (κ3) is 4.17. The molecule has 0 fully saturated rings. The molecule has 0 unspecified atom stereocenters. The third-order valence-electron chi connectivity index (χ3n) is 3.23. The molecule has 0 aliphatic rings. The zero-order valence-corrected chi connectivity index (χ0v) is 13.2. The molecule has 126 valence electrons. The number of anilines is 1. The summed E-state index contributed by atoms with van der Waals surface area (Å²) in [6.07, 6.45) is 0. The van der Waals surface area contributed by atoms with Gasteiger partial charge in [0.1, 0.15) is 11.9 Å². The first-order chi connectivity index (χ1) is 12.0. The van der Waals surface area contributed by atoms with Gasteiger partial charge in [-0.25, -0.2) is 9.18 Å². The predicted octanol–water partition coefficient (Wildman–Crippen LogP) is 2.51. The molecule has 0 bridgehead atoms. The van der Waals surface area contributed by atoms with Crippen LogP contribution in [0.3, 0.4) is 0 Å². The Kier molecular flexibility index (Phi) is 5.43. The lowest BCUT2D eigenvalue weighted by Crippen LogP contribution is -2.21. The third-order valence-corrected chi connectivity index (χ3v) is 3.23. The van der Waals surface area contributed by atoms with Gasteiger partial charge in [0.2, 0.25) is 5.71 Å². The number of carbonyl (C=O) groups is 1. The molecule has 0 atom stereocenters. The molecule has 25 heavy (non-hydrogen) atoms. The van der Waals surface area contributed by atoms with Crippen molar-refractivity contribution in [3.8, 4) is 17.2 Å². The fraction of sp³-hybridized carbons (Fsp3) is 0.0588. The Hall–Kier alpha value is -3.73. The van der Waals surface area contributed by atoms with E-state index in [1.54, 1.807) is 36.4 Å². The number of nitrogens with zero attached hydrogens (tertiary/aromatic N) is 2. The standard InChI is InChI=1S/C17H14FN5O2/c1-25-17(24)13-6-5-11(8-14(13)18)10-3-2-4-12(7-10)22-23-15(9-19)16(20)21/h2-8,22H,1H3,(H3,20,21)/b23-15+. The first kappa shape index (κ1) is 17.6. The topological polar surface area (TPSA) is 124 Å². The number of nitriles is 1. The smallest absolute Gasteiger partial charge is 0.340 e. The zero-order chi connectivity index (χ0) is 18.4. The minimum atomic E-state index is -0.748. The number of ether oxygens (including phenoxy) is 1. The number of methoxy groups -OCH3 is 1. The van der Waals surface area contributed by atoms with Crippen molar-refractivity contribution >= 4 is 23.2 Å². The molecule has 0 aliphatic carbocycles. The summed E-state index contributed by atoms with van der Waals surface area (Å²) in [5.74, 6) is -1.89. The molecule has 7 nitrogen and oxygen atoms in total. The van der Waals surface area contributed by atoms with Crippen LogP contribution < -0.4 is 11.2 Å². The van der Waals surface area contributed by atoms with Crippen LogP contribution in [0.1, 0.15) is 10.4 Å². The summed E-state index contributed by atoms with van der Waals surface area (Å²) in [6.45, 7) is 0. The lowest BCUT2D eigenvalue weighted by atomic mass is 10.0. The number of hydrogen-bond acceptors (Lipinski definition) is 6. The number of nitrogens with one attached hydrogen (secondary N) is 2. The van der Waals surface area contributed by atoms with E-state index in [0.29, 0.717) is 16.8 Å². The highest BCUT2D eigenvalue weighted by Crippen LogP contribution is 2.25. The van der Waals surface area contributed by atoms with Crippen LogP contribution in [0.15, 0.2) is 47.6 Å². The Morgan fingerprint density at radius 2 is 2.04 bits per heavy atom. The van der Waals surface area contributed by atoms with Crippen LogP contribution in [0.5, 0.6) is 0 Å². The monoisotopic (exact) mass is 339 g/mol. The molecule has 0 aliphatic heterocycles. The quantitative estimate of drug-likeness (QED) is 0.334. The van der Waals surface area contributed by atoms with Gasteiger partial charge in [0.25, 0.3) is 0 Å². The molecular weight excluding hydrogens is 325 g/mol. The average Bonchev–Trinajstić information content (AvgIpc) is 2.61. The van der Waals surface area contributed by atoms with E-state index in [-0.39, 0.29) is 11.3 Å². The van der Waals surface area contributed by atoms with Gasteiger partial charge in [-0.1, -0.05) is 18.2 Å². The van der Waals surface area contributed by atoms with Gasteiger partial charge >= 0.3 is 5.97 Å². The van der Waals surface area contributed by atoms with Crippen molar-refractivity contribution in [1.29, 1.82) is 10.7 Å². The fourth-order valence-corrected chi connectivity index (χ4v) is 2.00. The first-order valence-corrected chi connectivity index (χ1v) is 7.02. The maximum absolute atomic E-state index is 14.1. The zero-order valence-electron chi connectivity index (χ0n) is 13.2. The average molecular weight is 339 g/mol. The molecule has 0 amide bonds. The van der Waals surface area contributed by atoms with Gasteiger partial charge in [0, 0.05) is 0 Å². The molecule has 0 saturated heterocycles. The summed E-state index contributed by atoms with van der Waals surface area (Å²) < 4.78 is 18.6. The van der Waals surface area contributed by atoms with E-state index in [2.05, 4.69) is 15.3 Å². The van der Waals surface area contributed by atoms with E-state index in [0.717, 1.165) is 0 Å². The molecule has 8 heteroatoms. The van der Waals surface area contributed by atoms with Crippen molar-refractivity contribution in [1.82, 2.24) is 0 Å². The molecule has 2 rings (SSSR count). The van der Waals surface area contributed by atoms with Crippen LogP contribution in [0.2, 0.25) is 0 Å². The van der Waals surface area contributed by atoms with Crippen LogP contribution in [0, 0.1) is 22.6 Å². The maximum Gasteiger partial charge on any atom is 0.340 e. The van der Waals surface area contributed by atoms with Crippen molar-refractivity contribution in [3.05, 3.63) is 53.8 Å². The molecule has 0 saturated carbocycles. The van der Waals surface area contributed by atoms with Crippen LogP contribution in [-0.4, -0.2) is 24.6 Å². The Balaban J connectivity index is 2.30. The number of carbonyl (C=O) groups excluding carboxylic acids is 1. The van der Waals surface area contributed by atoms with Crippen LogP contribution >= 0.6 is 0 Å². The molecule has 2 aromatic rings. The molecule has 0 radical (unpaired) electrons. The van der Waals surface area contributed by atoms with E-state index < -0.39 is 17.6 Å². The van der Waals surface area contributed by atoms with Crippen molar-refractivity contribution in [2.45, 2.75) is 0 Å². The van der Waals surface area contributed by atoms with Gasteiger partial charge in [-0.15, -0.1) is 0 Å². The Morgan fingerprint density at radius 1 is 1.32 bits per heavy atom. The lowest BCUT2D eigenvalue weighted by Gasteiger charge is -2.07. The minimum Gasteiger partial charge on any atom is -0.465 e. The predicted molar refractivity (Wildman–Crippen MR) is 91.8 cm³/mol. The van der Waals surface area contributed by atoms with Crippen LogP contribution in [-0.2, 0) is 4.74 Å². The molecule has 0 aromatic heterocycles. The first-order valence-electron chi connectivity index (χ1n) is 7.02. The van der Waals surface area contributed by atoms with Crippen molar-refractivity contribution < 1.29 is 13.9 Å². The Labute approximate surface area is 143 Å². The molecule has 2 aromatic carbocycles. The highest BCUT2D eigenvalue weighted by atomic mass is 19.1. The Morgan fingerprint density at radius 3 is 2.64 bits per heavy atom.